The van der Waals surface area contributed by atoms with E-state index in [2.05, 4.69) is 43.3 Å². The zero-order valence-electron chi connectivity index (χ0n) is 10.3. The Labute approximate surface area is 99.4 Å². The molecule has 16 heavy (non-hydrogen) atoms. The van der Waals surface area contributed by atoms with Crippen LogP contribution in [-0.4, -0.2) is 0 Å². The molecule has 0 nitrogen and oxygen atoms in total. The van der Waals surface area contributed by atoms with Crippen LogP contribution in [0.4, 0.5) is 0 Å². The molecule has 1 aromatic rings. The van der Waals surface area contributed by atoms with Crippen LogP contribution >= 0.6 is 0 Å². The molecule has 0 aromatic heterocycles. The second-order valence-corrected chi connectivity index (χ2v) is 4.79. The maximum Gasteiger partial charge on any atom is 0.00209 e. The van der Waals surface area contributed by atoms with Crippen molar-refractivity contribution < 1.29 is 0 Å². The summed E-state index contributed by atoms with van der Waals surface area (Å²) in [6, 6.07) is 8.92. The van der Waals surface area contributed by atoms with Crippen molar-refractivity contribution in [2.45, 2.75) is 51.4 Å². The van der Waals surface area contributed by atoms with Gasteiger partial charge in [-0.25, -0.2) is 0 Å². The lowest BCUT2D eigenvalue weighted by molar-refractivity contribution is 0.599. The first kappa shape index (κ1) is 11.4. The number of fused-ring (bicyclic) bond motifs is 1. The summed E-state index contributed by atoms with van der Waals surface area (Å²) in [5, 5.41) is 0. The van der Waals surface area contributed by atoms with Crippen LogP contribution in [0.25, 0.3) is 0 Å². The van der Waals surface area contributed by atoms with Gasteiger partial charge in [-0.15, -0.1) is 0 Å². The number of hydrogen-bond donors (Lipinski definition) is 0. The Bertz CT molecular complexity index is 349. The van der Waals surface area contributed by atoms with Crippen LogP contribution in [0.15, 0.2) is 36.4 Å². The Morgan fingerprint density at radius 1 is 1.12 bits per heavy atom. The summed E-state index contributed by atoms with van der Waals surface area (Å²) in [7, 11) is 0. The number of hydrogen-bond acceptors (Lipinski definition) is 0. The lowest BCUT2D eigenvalue weighted by Gasteiger charge is -2.20. The minimum absolute atomic E-state index is 0.682. The number of unbranched alkanes of at least 4 members (excludes halogenated alkanes) is 3. The first-order chi connectivity index (χ1) is 7.92. The van der Waals surface area contributed by atoms with Gasteiger partial charge in [0.15, 0.2) is 0 Å². The second kappa shape index (κ2) is 5.89. The van der Waals surface area contributed by atoms with Gasteiger partial charge >= 0.3 is 0 Å². The molecular weight excluding hydrogens is 192 g/mol. The molecule has 0 saturated carbocycles. The number of allylic oxidation sites excluding steroid dienone is 2. The van der Waals surface area contributed by atoms with Gasteiger partial charge in [-0.3, -0.25) is 0 Å². The lowest BCUT2D eigenvalue weighted by atomic mass is 9.85. The van der Waals surface area contributed by atoms with Crippen molar-refractivity contribution in [3.05, 3.63) is 47.5 Å². The van der Waals surface area contributed by atoms with Gasteiger partial charge in [0.2, 0.25) is 0 Å². The fraction of sp³-hybridized carbons (Fsp3) is 0.500. The molecule has 0 heteroatoms. The number of benzene rings is 1. The van der Waals surface area contributed by atoms with Gasteiger partial charge in [-0.2, -0.15) is 0 Å². The predicted molar refractivity (Wildman–Crippen MR) is 70.8 cm³/mol. The van der Waals surface area contributed by atoms with Crippen LogP contribution in [0.5, 0.6) is 0 Å². The summed E-state index contributed by atoms with van der Waals surface area (Å²) in [5.41, 5.74) is 3.10. The molecule has 0 N–H and O–H groups in total. The third-order valence-electron chi connectivity index (χ3n) is 3.53. The van der Waals surface area contributed by atoms with Crippen molar-refractivity contribution in [1.29, 1.82) is 0 Å². The molecule has 0 bridgehead atoms. The van der Waals surface area contributed by atoms with E-state index < -0.39 is 0 Å². The third kappa shape index (κ3) is 2.75. The highest BCUT2D eigenvalue weighted by molar-refractivity contribution is 5.37. The van der Waals surface area contributed by atoms with Gasteiger partial charge in [0.1, 0.15) is 0 Å². The van der Waals surface area contributed by atoms with Gasteiger partial charge < -0.3 is 0 Å². The van der Waals surface area contributed by atoms with Gasteiger partial charge in [0.25, 0.3) is 0 Å². The van der Waals surface area contributed by atoms with Crippen LogP contribution < -0.4 is 0 Å². The molecule has 1 aliphatic rings. The zero-order chi connectivity index (χ0) is 11.2. The molecular formula is C16H22. The molecule has 0 fully saturated rings. The lowest BCUT2D eigenvalue weighted by Crippen LogP contribution is -2.04. The molecule has 0 amide bonds. The first-order valence-electron chi connectivity index (χ1n) is 6.66. The van der Waals surface area contributed by atoms with E-state index in [0.29, 0.717) is 5.92 Å². The minimum Gasteiger partial charge on any atom is -0.0835 e. The van der Waals surface area contributed by atoms with Crippen LogP contribution in [0.3, 0.4) is 0 Å². The number of rotatable bonds is 5. The first-order valence-corrected chi connectivity index (χ1v) is 6.66. The molecule has 0 saturated heterocycles. The molecule has 1 unspecified atom stereocenters. The molecule has 1 atom stereocenters. The normalized spacial score (nSPS) is 18.4. The van der Waals surface area contributed by atoms with Crippen LogP contribution in [0, 0.1) is 0 Å². The van der Waals surface area contributed by atoms with Crippen molar-refractivity contribution in [2.75, 3.05) is 0 Å². The summed E-state index contributed by atoms with van der Waals surface area (Å²) in [4.78, 5) is 0. The summed E-state index contributed by atoms with van der Waals surface area (Å²) in [5.74, 6) is 0.682. The highest BCUT2D eigenvalue weighted by Crippen LogP contribution is 2.30. The SMILES string of the molecule is CCCCCCC1C=CCc2ccccc21. The minimum atomic E-state index is 0.682. The maximum atomic E-state index is 2.41. The van der Waals surface area contributed by atoms with Gasteiger partial charge in [0, 0.05) is 5.92 Å². The monoisotopic (exact) mass is 214 g/mol. The van der Waals surface area contributed by atoms with Crippen molar-refractivity contribution in [2.24, 2.45) is 0 Å². The van der Waals surface area contributed by atoms with Crippen molar-refractivity contribution in [3.63, 3.8) is 0 Å². The average molecular weight is 214 g/mol. The predicted octanol–water partition coefficient (Wildman–Crippen LogP) is 4.85. The quantitative estimate of drug-likeness (QED) is 0.485. The molecule has 0 spiro atoms. The second-order valence-electron chi connectivity index (χ2n) is 4.79. The van der Waals surface area contributed by atoms with Crippen molar-refractivity contribution >= 4 is 0 Å². The maximum absolute atomic E-state index is 2.41. The van der Waals surface area contributed by atoms with E-state index in [1.54, 1.807) is 5.56 Å². The zero-order valence-corrected chi connectivity index (χ0v) is 10.3. The molecule has 1 aromatic carbocycles. The van der Waals surface area contributed by atoms with E-state index in [1.165, 1.54) is 37.7 Å². The van der Waals surface area contributed by atoms with Crippen LogP contribution in [-0.2, 0) is 6.42 Å². The van der Waals surface area contributed by atoms with Crippen molar-refractivity contribution in [3.8, 4) is 0 Å². The van der Waals surface area contributed by atoms with Crippen LogP contribution in [0.1, 0.15) is 56.1 Å². The van der Waals surface area contributed by atoms with Crippen LogP contribution in [0.2, 0.25) is 0 Å². The fourth-order valence-electron chi connectivity index (χ4n) is 2.59. The summed E-state index contributed by atoms with van der Waals surface area (Å²) >= 11 is 0. The topological polar surface area (TPSA) is 0 Å². The Kier molecular flexibility index (Phi) is 4.21. The highest BCUT2D eigenvalue weighted by atomic mass is 14.2. The largest absolute Gasteiger partial charge is 0.0835 e. The molecule has 0 heterocycles. The Morgan fingerprint density at radius 2 is 2.00 bits per heavy atom. The highest BCUT2D eigenvalue weighted by Gasteiger charge is 2.14. The van der Waals surface area contributed by atoms with E-state index >= 15 is 0 Å². The Hall–Kier alpha value is -1.04. The Balaban J connectivity index is 1.94. The summed E-state index contributed by atoms with van der Waals surface area (Å²) < 4.78 is 0. The summed E-state index contributed by atoms with van der Waals surface area (Å²) in [6.45, 7) is 2.27. The standard InChI is InChI=1S/C16H22/c1-2-3-4-5-9-14-11-8-12-15-10-6-7-13-16(14)15/h6-8,10-11,13-14H,2-5,9,12H2,1H3. The van der Waals surface area contributed by atoms with E-state index in [9.17, 15) is 0 Å². The Morgan fingerprint density at radius 3 is 2.88 bits per heavy atom. The average Bonchev–Trinajstić information content (AvgIpc) is 2.35. The van der Waals surface area contributed by atoms with E-state index in [1.807, 2.05) is 0 Å². The van der Waals surface area contributed by atoms with Gasteiger partial charge in [0.05, 0.1) is 0 Å². The van der Waals surface area contributed by atoms with E-state index in [4.69, 9.17) is 0 Å². The van der Waals surface area contributed by atoms with E-state index in [-0.39, 0.29) is 0 Å². The molecule has 2 rings (SSSR count). The van der Waals surface area contributed by atoms with E-state index in [0.717, 1.165) is 6.42 Å². The molecule has 86 valence electrons. The third-order valence-corrected chi connectivity index (χ3v) is 3.53. The van der Waals surface area contributed by atoms with Gasteiger partial charge in [-0.1, -0.05) is 69.0 Å². The molecule has 1 aliphatic carbocycles. The molecule has 0 aliphatic heterocycles. The fourth-order valence-corrected chi connectivity index (χ4v) is 2.59. The molecule has 0 radical (unpaired) electrons. The van der Waals surface area contributed by atoms with Gasteiger partial charge in [-0.05, 0) is 24.0 Å². The van der Waals surface area contributed by atoms with Crippen molar-refractivity contribution in [1.82, 2.24) is 0 Å². The summed E-state index contributed by atoms with van der Waals surface area (Å²) in [6.07, 6.45) is 12.7. The smallest absolute Gasteiger partial charge is 0.00209 e.